The standard InChI is InChI=1S/C21H25N5O2.C2H7N/c1-2-16-9-19-20(25-21(16)28)8-15(10-24-19)12-26-6-5-14(11-26)7-17(22)3-4-18(23)13-27;1-3-2/h3-4,7-10,13H,2,5-6,11-12,22-23H2,1H3,(H,25,28);3H,1-2H3/b14-7+,17-3-,18-4-;. The van der Waals surface area contributed by atoms with E-state index in [2.05, 4.69) is 20.2 Å². The van der Waals surface area contributed by atoms with Gasteiger partial charge in [-0.25, -0.2) is 0 Å². The molecule has 2 aromatic heterocycles. The topological polar surface area (TPSA) is 130 Å². The summed E-state index contributed by atoms with van der Waals surface area (Å²) in [4.78, 5) is 32.3. The highest BCUT2D eigenvalue weighted by atomic mass is 16.1. The van der Waals surface area contributed by atoms with E-state index in [1.54, 1.807) is 6.08 Å². The van der Waals surface area contributed by atoms with Crippen LogP contribution in [0.4, 0.5) is 0 Å². The molecule has 3 rings (SSSR count). The third kappa shape index (κ3) is 7.20. The first kappa shape index (κ1) is 24.0. The van der Waals surface area contributed by atoms with E-state index in [1.165, 1.54) is 11.6 Å². The number of allylic oxidation sites excluding steroid dienone is 4. The SMILES string of the molecule is CCc1cc2ncc(CN3CC\C(=C/C(N)=C/C=C(\N)C=O)C3)cc2[nH]c1=O.CNC. The molecule has 0 amide bonds. The summed E-state index contributed by atoms with van der Waals surface area (Å²) in [5.41, 5.74) is 16.7. The van der Waals surface area contributed by atoms with Gasteiger partial charge in [0.2, 0.25) is 0 Å². The van der Waals surface area contributed by atoms with Gasteiger partial charge in [-0.05, 0) is 62.9 Å². The molecule has 8 heteroatoms. The minimum Gasteiger partial charge on any atom is -0.399 e. The van der Waals surface area contributed by atoms with E-state index >= 15 is 0 Å². The van der Waals surface area contributed by atoms with Crippen LogP contribution in [0.25, 0.3) is 11.0 Å². The van der Waals surface area contributed by atoms with Gasteiger partial charge in [0.1, 0.15) is 0 Å². The monoisotopic (exact) mass is 424 g/mol. The molecule has 8 nitrogen and oxygen atoms in total. The number of carbonyl (C=O) groups excluding carboxylic acids is 1. The van der Waals surface area contributed by atoms with Crippen molar-refractivity contribution < 1.29 is 4.79 Å². The number of pyridine rings is 2. The number of aldehydes is 1. The number of aromatic amines is 1. The van der Waals surface area contributed by atoms with Gasteiger partial charge < -0.3 is 21.8 Å². The fourth-order valence-corrected chi connectivity index (χ4v) is 3.29. The third-order valence-electron chi connectivity index (χ3n) is 4.76. The molecule has 0 saturated carbocycles. The van der Waals surface area contributed by atoms with Gasteiger partial charge in [0, 0.05) is 37.1 Å². The first-order valence-electron chi connectivity index (χ1n) is 10.3. The van der Waals surface area contributed by atoms with E-state index in [0.29, 0.717) is 18.4 Å². The van der Waals surface area contributed by atoms with Crippen LogP contribution in [-0.2, 0) is 17.8 Å². The summed E-state index contributed by atoms with van der Waals surface area (Å²) < 4.78 is 0. The highest BCUT2D eigenvalue weighted by Gasteiger charge is 2.17. The minimum absolute atomic E-state index is 0.0492. The fourth-order valence-electron chi connectivity index (χ4n) is 3.29. The van der Waals surface area contributed by atoms with Crippen LogP contribution >= 0.6 is 0 Å². The molecule has 0 aliphatic carbocycles. The Bertz CT molecular complexity index is 1050. The molecule has 0 aromatic carbocycles. The summed E-state index contributed by atoms with van der Waals surface area (Å²) in [6.45, 7) is 4.44. The van der Waals surface area contributed by atoms with E-state index in [-0.39, 0.29) is 11.3 Å². The molecular formula is C23H32N6O2. The van der Waals surface area contributed by atoms with Crippen LogP contribution in [-0.4, -0.2) is 48.3 Å². The molecule has 1 fully saturated rings. The first-order valence-corrected chi connectivity index (χ1v) is 10.3. The number of nitrogens with one attached hydrogen (secondary N) is 2. The van der Waals surface area contributed by atoms with Crippen molar-refractivity contribution in [2.45, 2.75) is 26.3 Å². The van der Waals surface area contributed by atoms with Crippen LogP contribution in [0.15, 0.2) is 58.3 Å². The van der Waals surface area contributed by atoms with Gasteiger partial charge in [-0.2, -0.15) is 0 Å². The van der Waals surface area contributed by atoms with Crippen LogP contribution in [0.2, 0.25) is 0 Å². The molecule has 166 valence electrons. The number of rotatable bonds is 6. The Kier molecular flexibility index (Phi) is 9.17. The smallest absolute Gasteiger partial charge is 0.251 e. The van der Waals surface area contributed by atoms with Crippen molar-refractivity contribution in [3.8, 4) is 0 Å². The average molecular weight is 425 g/mol. The van der Waals surface area contributed by atoms with Crippen molar-refractivity contribution in [3.05, 3.63) is 75.0 Å². The predicted molar refractivity (Wildman–Crippen MR) is 125 cm³/mol. The van der Waals surface area contributed by atoms with Crippen molar-refractivity contribution in [2.24, 2.45) is 11.5 Å². The van der Waals surface area contributed by atoms with Crippen LogP contribution < -0.4 is 22.3 Å². The van der Waals surface area contributed by atoms with Gasteiger partial charge in [-0.1, -0.05) is 12.5 Å². The van der Waals surface area contributed by atoms with Crippen molar-refractivity contribution in [3.63, 3.8) is 0 Å². The lowest BCUT2D eigenvalue weighted by atomic mass is 10.1. The lowest BCUT2D eigenvalue weighted by molar-refractivity contribution is -0.104. The number of hydrogen-bond acceptors (Lipinski definition) is 7. The quantitative estimate of drug-likeness (QED) is 0.313. The van der Waals surface area contributed by atoms with Crippen molar-refractivity contribution >= 4 is 17.3 Å². The zero-order valence-electron chi connectivity index (χ0n) is 18.4. The predicted octanol–water partition coefficient (Wildman–Crippen LogP) is 1.34. The molecule has 1 aliphatic heterocycles. The number of fused-ring (bicyclic) bond motifs is 1. The lowest BCUT2D eigenvalue weighted by Crippen LogP contribution is -2.19. The highest BCUT2D eigenvalue weighted by molar-refractivity contribution is 5.75. The molecule has 0 spiro atoms. The molecule has 31 heavy (non-hydrogen) atoms. The molecule has 3 heterocycles. The summed E-state index contributed by atoms with van der Waals surface area (Å²) >= 11 is 0. The number of H-pyrrole nitrogens is 1. The van der Waals surface area contributed by atoms with Gasteiger partial charge in [0.25, 0.3) is 5.56 Å². The van der Waals surface area contributed by atoms with Gasteiger partial charge in [-0.15, -0.1) is 0 Å². The number of hydrogen-bond donors (Lipinski definition) is 4. The van der Waals surface area contributed by atoms with Crippen molar-refractivity contribution in [1.29, 1.82) is 0 Å². The maximum atomic E-state index is 12.0. The molecule has 0 radical (unpaired) electrons. The van der Waals surface area contributed by atoms with Crippen molar-refractivity contribution in [1.82, 2.24) is 20.2 Å². The van der Waals surface area contributed by atoms with E-state index in [9.17, 15) is 9.59 Å². The van der Waals surface area contributed by atoms with E-state index < -0.39 is 0 Å². The molecule has 2 aromatic rings. The highest BCUT2D eigenvalue weighted by Crippen LogP contribution is 2.20. The Morgan fingerprint density at radius 3 is 2.65 bits per heavy atom. The first-order chi connectivity index (χ1) is 14.9. The number of likely N-dealkylation sites (tertiary alicyclic amines) is 1. The second kappa shape index (κ2) is 11.8. The minimum atomic E-state index is -0.0492. The number of carbonyl (C=O) groups is 1. The summed E-state index contributed by atoms with van der Waals surface area (Å²) in [5.74, 6) is 0. The molecular weight excluding hydrogens is 392 g/mol. The maximum absolute atomic E-state index is 12.0. The number of aromatic nitrogens is 2. The fraction of sp³-hybridized carbons (Fsp3) is 0.348. The number of aryl methyl sites for hydroxylation is 1. The van der Waals surface area contributed by atoms with Crippen molar-refractivity contribution in [2.75, 3.05) is 27.2 Å². The Balaban J connectivity index is 0.00000107. The Hall–Kier alpha value is -3.23. The zero-order valence-corrected chi connectivity index (χ0v) is 18.4. The van der Waals surface area contributed by atoms with Gasteiger partial charge in [0.05, 0.1) is 16.7 Å². The number of nitrogens with zero attached hydrogens (tertiary/aromatic N) is 2. The second-order valence-corrected chi connectivity index (χ2v) is 7.47. The molecule has 6 N–H and O–H groups in total. The lowest BCUT2D eigenvalue weighted by Gasteiger charge is -2.14. The van der Waals surface area contributed by atoms with Gasteiger partial charge in [-0.3, -0.25) is 19.5 Å². The van der Waals surface area contributed by atoms with E-state index in [1.807, 2.05) is 45.4 Å². The molecule has 1 aliphatic rings. The largest absolute Gasteiger partial charge is 0.399 e. The zero-order chi connectivity index (χ0) is 22.8. The summed E-state index contributed by atoms with van der Waals surface area (Å²) in [6.07, 6.45) is 9.12. The van der Waals surface area contributed by atoms with Crippen LogP contribution in [0.1, 0.15) is 24.5 Å². The van der Waals surface area contributed by atoms with Gasteiger partial charge in [0.15, 0.2) is 6.29 Å². The maximum Gasteiger partial charge on any atom is 0.251 e. The summed E-state index contributed by atoms with van der Waals surface area (Å²) in [6, 6.07) is 3.85. The van der Waals surface area contributed by atoms with E-state index in [0.717, 1.165) is 48.2 Å². The summed E-state index contributed by atoms with van der Waals surface area (Å²) in [7, 11) is 3.75. The summed E-state index contributed by atoms with van der Waals surface area (Å²) in [5, 5.41) is 2.75. The van der Waals surface area contributed by atoms with Crippen LogP contribution in [0.3, 0.4) is 0 Å². The van der Waals surface area contributed by atoms with E-state index in [4.69, 9.17) is 11.5 Å². The molecule has 0 atom stereocenters. The Morgan fingerprint density at radius 1 is 1.26 bits per heavy atom. The van der Waals surface area contributed by atoms with Crippen LogP contribution in [0, 0.1) is 0 Å². The average Bonchev–Trinajstić information content (AvgIpc) is 3.18. The molecule has 0 bridgehead atoms. The number of nitrogens with two attached hydrogens (primary N) is 2. The third-order valence-corrected chi connectivity index (χ3v) is 4.76. The second-order valence-electron chi connectivity index (χ2n) is 7.47. The molecule has 0 unspecified atom stereocenters. The van der Waals surface area contributed by atoms with Crippen LogP contribution in [0.5, 0.6) is 0 Å². The molecule has 1 saturated heterocycles. The Morgan fingerprint density at radius 2 is 1.97 bits per heavy atom. The van der Waals surface area contributed by atoms with Gasteiger partial charge >= 0.3 is 0 Å². The Labute approximate surface area is 182 Å². The normalized spacial score (nSPS) is 16.4.